The van der Waals surface area contributed by atoms with Gasteiger partial charge in [0.2, 0.25) is 5.95 Å². The van der Waals surface area contributed by atoms with Crippen LogP contribution in [0.25, 0.3) is 22.5 Å². The van der Waals surface area contributed by atoms with Crippen molar-refractivity contribution in [1.29, 1.82) is 0 Å². The summed E-state index contributed by atoms with van der Waals surface area (Å²) in [5.74, 6) is 0.708. The van der Waals surface area contributed by atoms with Gasteiger partial charge < -0.3 is 0 Å². The zero-order chi connectivity index (χ0) is 25.1. The number of benzene rings is 2. The molecule has 0 saturated heterocycles. The number of H-pyrrole nitrogens is 1. The molecule has 2 heterocycles. The molecule has 8 heteroatoms. The van der Waals surface area contributed by atoms with E-state index < -0.39 is 0 Å². The molecule has 1 N–H and O–H groups in total. The number of hydrogen-bond acceptors (Lipinski definition) is 4. The summed E-state index contributed by atoms with van der Waals surface area (Å²) in [7, 11) is 0. The van der Waals surface area contributed by atoms with Crippen molar-refractivity contribution in [3.63, 3.8) is 0 Å². The third-order valence-corrected chi connectivity index (χ3v) is 7.24. The van der Waals surface area contributed by atoms with Gasteiger partial charge in [0.15, 0.2) is 5.82 Å². The number of tetrazole rings is 1. The molecule has 188 valence electrons. The number of nitrogens with one attached hydrogen (secondary N) is 1. The topological polar surface area (TPSA) is 81.4 Å². The average molecular weight is 489 g/mol. The van der Waals surface area contributed by atoms with Crippen molar-refractivity contribution in [1.82, 2.24) is 29.8 Å². The normalized spacial score (nSPS) is 14.6. The molecular formula is C28H33FN6O. The van der Waals surface area contributed by atoms with Gasteiger partial charge in [-0.3, -0.25) is 9.13 Å². The van der Waals surface area contributed by atoms with E-state index in [1.54, 1.807) is 4.57 Å². The van der Waals surface area contributed by atoms with Crippen LogP contribution in [0.2, 0.25) is 0 Å². The predicted molar refractivity (Wildman–Crippen MR) is 138 cm³/mol. The van der Waals surface area contributed by atoms with Crippen LogP contribution in [0.15, 0.2) is 53.3 Å². The first-order valence-electron chi connectivity index (χ1n) is 12.9. The Balaban J connectivity index is 1.46. The molecule has 2 aromatic carbocycles. The molecule has 2 aromatic heterocycles. The smallest absolute Gasteiger partial charge is 0.289 e. The lowest BCUT2D eigenvalue weighted by Gasteiger charge is -2.22. The van der Waals surface area contributed by atoms with E-state index >= 15 is 4.39 Å². The van der Waals surface area contributed by atoms with Crippen molar-refractivity contribution in [2.24, 2.45) is 5.92 Å². The van der Waals surface area contributed by atoms with Gasteiger partial charge in [0.1, 0.15) is 0 Å². The molecular weight excluding hydrogens is 455 g/mol. The molecule has 0 spiro atoms. The Bertz CT molecular complexity index is 1350. The van der Waals surface area contributed by atoms with E-state index in [9.17, 15) is 4.79 Å². The van der Waals surface area contributed by atoms with E-state index in [-0.39, 0.29) is 17.7 Å². The molecule has 1 saturated carbocycles. The fraction of sp³-hybridized carbons (Fsp3) is 0.429. The molecule has 0 radical (unpaired) electrons. The summed E-state index contributed by atoms with van der Waals surface area (Å²) in [6, 6.07) is 16.0. The molecule has 0 bridgehead atoms. The second-order valence-corrected chi connectivity index (χ2v) is 10.2. The number of aromatic amines is 1. The van der Waals surface area contributed by atoms with Gasteiger partial charge >= 0.3 is 5.69 Å². The zero-order valence-electron chi connectivity index (χ0n) is 21.0. The molecule has 1 aliphatic rings. The Hall–Kier alpha value is -3.55. The molecule has 36 heavy (non-hydrogen) atoms. The Morgan fingerprint density at radius 3 is 2.42 bits per heavy atom. The first kappa shape index (κ1) is 24.2. The summed E-state index contributed by atoms with van der Waals surface area (Å²) >= 11 is 0. The highest BCUT2D eigenvalue weighted by atomic mass is 19.1. The second-order valence-electron chi connectivity index (χ2n) is 10.2. The van der Waals surface area contributed by atoms with E-state index in [4.69, 9.17) is 0 Å². The van der Waals surface area contributed by atoms with Crippen LogP contribution in [0.5, 0.6) is 0 Å². The summed E-state index contributed by atoms with van der Waals surface area (Å²) in [6.45, 7) is 4.62. The minimum atomic E-state index is -0.334. The first-order valence-corrected chi connectivity index (χ1v) is 12.9. The zero-order valence-corrected chi connectivity index (χ0v) is 21.0. The second kappa shape index (κ2) is 10.6. The Morgan fingerprint density at radius 1 is 1.03 bits per heavy atom. The number of imidazole rings is 1. The van der Waals surface area contributed by atoms with Gasteiger partial charge in [-0.15, -0.1) is 5.10 Å². The maximum atomic E-state index is 15.7. The summed E-state index contributed by atoms with van der Waals surface area (Å²) in [5.41, 5.74) is 4.22. The van der Waals surface area contributed by atoms with Crippen molar-refractivity contribution < 1.29 is 4.39 Å². The van der Waals surface area contributed by atoms with Crippen molar-refractivity contribution >= 4 is 0 Å². The van der Waals surface area contributed by atoms with Crippen LogP contribution in [-0.2, 0) is 13.0 Å². The third kappa shape index (κ3) is 4.90. The fourth-order valence-electron chi connectivity index (χ4n) is 5.25. The van der Waals surface area contributed by atoms with Gasteiger partial charge in [-0.25, -0.2) is 9.89 Å². The van der Waals surface area contributed by atoms with E-state index in [0.29, 0.717) is 30.4 Å². The molecule has 7 nitrogen and oxygen atoms in total. The van der Waals surface area contributed by atoms with Crippen molar-refractivity contribution in [3.05, 3.63) is 76.2 Å². The van der Waals surface area contributed by atoms with Gasteiger partial charge in [0.05, 0.1) is 12.2 Å². The molecule has 5 rings (SSSR count). The maximum Gasteiger partial charge on any atom is 0.331 e. The van der Waals surface area contributed by atoms with Gasteiger partial charge in [0, 0.05) is 11.6 Å². The minimum Gasteiger partial charge on any atom is -0.289 e. The molecule has 1 aliphatic carbocycles. The van der Waals surface area contributed by atoms with Crippen LogP contribution < -0.4 is 5.69 Å². The third-order valence-electron chi connectivity index (χ3n) is 7.24. The van der Waals surface area contributed by atoms with Crippen molar-refractivity contribution in [2.45, 2.75) is 71.4 Å². The lowest BCUT2D eigenvalue weighted by Crippen LogP contribution is -2.30. The molecule has 1 fully saturated rings. The quantitative estimate of drug-likeness (QED) is 0.341. The minimum absolute atomic E-state index is 0.0326. The highest BCUT2D eigenvalue weighted by Gasteiger charge is 2.26. The van der Waals surface area contributed by atoms with E-state index in [1.165, 1.54) is 4.57 Å². The SMILES string of the molecule is CC(C)CCc1c(F)n(C2CCCCC2)c(=O)n1Cc1ccc(-c2ccccc2-c2nnn[nH]2)cc1. The highest BCUT2D eigenvalue weighted by molar-refractivity contribution is 5.80. The van der Waals surface area contributed by atoms with E-state index in [0.717, 1.165) is 60.8 Å². The summed E-state index contributed by atoms with van der Waals surface area (Å²) in [4.78, 5) is 13.5. The van der Waals surface area contributed by atoms with Crippen LogP contribution in [0.4, 0.5) is 4.39 Å². The molecule has 0 aliphatic heterocycles. The largest absolute Gasteiger partial charge is 0.331 e. The van der Waals surface area contributed by atoms with Crippen LogP contribution in [0.3, 0.4) is 0 Å². The maximum absolute atomic E-state index is 15.7. The number of rotatable bonds is 8. The van der Waals surface area contributed by atoms with Crippen LogP contribution >= 0.6 is 0 Å². The molecule has 4 aromatic rings. The van der Waals surface area contributed by atoms with Crippen molar-refractivity contribution in [3.8, 4) is 22.5 Å². The Kier molecular flexibility index (Phi) is 7.11. The average Bonchev–Trinajstić information content (AvgIpc) is 3.51. The standard InChI is InChI=1S/C28H33FN6O/c1-19(2)12-17-25-26(29)35(22-8-4-3-5-9-22)28(36)34(25)18-20-13-15-21(16-14-20)23-10-6-7-11-24(23)27-30-32-33-31-27/h6-7,10-11,13-16,19,22H,3-5,8-9,12,17-18H2,1-2H3,(H,30,31,32,33). The lowest BCUT2D eigenvalue weighted by molar-refractivity contribution is 0.310. The van der Waals surface area contributed by atoms with Crippen LogP contribution in [0.1, 0.15) is 69.7 Å². The van der Waals surface area contributed by atoms with Gasteiger partial charge in [-0.05, 0) is 58.7 Å². The number of hydrogen-bond donors (Lipinski definition) is 1. The van der Waals surface area contributed by atoms with E-state index in [1.807, 2.05) is 48.5 Å². The molecule has 0 amide bonds. The number of nitrogens with zero attached hydrogens (tertiary/aromatic N) is 5. The van der Waals surface area contributed by atoms with Crippen molar-refractivity contribution in [2.75, 3.05) is 0 Å². The summed E-state index contributed by atoms with van der Waals surface area (Å²) < 4.78 is 18.8. The Morgan fingerprint density at radius 2 is 1.75 bits per heavy atom. The van der Waals surface area contributed by atoms with Crippen LogP contribution in [0, 0.1) is 11.9 Å². The van der Waals surface area contributed by atoms with E-state index in [2.05, 4.69) is 34.5 Å². The molecule has 0 unspecified atom stereocenters. The van der Waals surface area contributed by atoms with Crippen LogP contribution in [-0.4, -0.2) is 29.8 Å². The molecule has 0 atom stereocenters. The van der Waals surface area contributed by atoms with Gasteiger partial charge in [0.25, 0.3) is 0 Å². The number of halogens is 1. The summed E-state index contributed by atoms with van der Waals surface area (Å²) in [6.07, 6.45) is 6.42. The number of aromatic nitrogens is 6. The first-order chi connectivity index (χ1) is 17.5. The van der Waals surface area contributed by atoms with Gasteiger partial charge in [-0.1, -0.05) is 81.6 Å². The lowest BCUT2D eigenvalue weighted by atomic mass is 9.95. The monoisotopic (exact) mass is 488 g/mol. The predicted octanol–water partition coefficient (Wildman–Crippen LogP) is 5.78. The van der Waals surface area contributed by atoms with Gasteiger partial charge in [-0.2, -0.15) is 4.39 Å². The Labute approximate surface area is 210 Å². The fourth-order valence-corrected chi connectivity index (χ4v) is 5.25. The summed E-state index contributed by atoms with van der Waals surface area (Å²) in [5, 5.41) is 14.3. The highest BCUT2D eigenvalue weighted by Crippen LogP contribution is 2.31.